The highest BCUT2D eigenvalue weighted by atomic mass is 19.1. The van der Waals surface area contributed by atoms with Crippen LogP contribution in [0.25, 0.3) is 0 Å². The first-order valence-electron chi connectivity index (χ1n) is 5.91. The van der Waals surface area contributed by atoms with Crippen molar-refractivity contribution in [1.82, 2.24) is 4.90 Å². The van der Waals surface area contributed by atoms with E-state index in [1.807, 2.05) is 4.90 Å². The van der Waals surface area contributed by atoms with Gasteiger partial charge < -0.3 is 10.6 Å². The van der Waals surface area contributed by atoms with Crippen molar-refractivity contribution in [3.05, 3.63) is 35.6 Å². The summed E-state index contributed by atoms with van der Waals surface area (Å²) in [6, 6.07) is 6.42. The van der Waals surface area contributed by atoms with Gasteiger partial charge in [-0.15, -0.1) is 0 Å². The lowest BCUT2D eigenvalue weighted by molar-refractivity contribution is -0.127. The summed E-state index contributed by atoms with van der Waals surface area (Å²) in [5.74, 6) is 0.257. The first kappa shape index (κ1) is 12.0. The monoisotopic (exact) mass is 236 g/mol. The quantitative estimate of drug-likeness (QED) is 0.853. The van der Waals surface area contributed by atoms with Crippen LogP contribution in [0.1, 0.15) is 12.0 Å². The molecule has 1 saturated heterocycles. The fraction of sp³-hybridized carbons (Fsp3) is 0.462. The van der Waals surface area contributed by atoms with Crippen LogP contribution in [0.3, 0.4) is 0 Å². The molecule has 0 bridgehead atoms. The van der Waals surface area contributed by atoms with Crippen molar-refractivity contribution in [2.45, 2.75) is 12.8 Å². The fourth-order valence-corrected chi connectivity index (χ4v) is 2.14. The number of hydrogen-bond acceptors (Lipinski definition) is 2. The van der Waals surface area contributed by atoms with E-state index in [1.54, 1.807) is 12.1 Å². The maximum absolute atomic E-state index is 12.7. The van der Waals surface area contributed by atoms with Crippen LogP contribution in [-0.4, -0.2) is 30.4 Å². The van der Waals surface area contributed by atoms with Crippen molar-refractivity contribution < 1.29 is 9.18 Å². The van der Waals surface area contributed by atoms with Gasteiger partial charge in [-0.1, -0.05) is 12.1 Å². The van der Waals surface area contributed by atoms with Gasteiger partial charge in [0.15, 0.2) is 0 Å². The lowest BCUT2D eigenvalue weighted by Gasteiger charge is -2.16. The summed E-state index contributed by atoms with van der Waals surface area (Å²) in [4.78, 5) is 13.5. The van der Waals surface area contributed by atoms with Crippen LogP contribution in [0.2, 0.25) is 0 Å². The minimum Gasteiger partial charge on any atom is -0.342 e. The molecule has 0 aromatic heterocycles. The van der Waals surface area contributed by atoms with E-state index in [1.165, 1.54) is 12.1 Å². The van der Waals surface area contributed by atoms with Gasteiger partial charge in [0.2, 0.25) is 5.91 Å². The Morgan fingerprint density at radius 2 is 2.06 bits per heavy atom. The molecule has 1 amide bonds. The van der Waals surface area contributed by atoms with Gasteiger partial charge in [0.1, 0.15) is 5.82 Å². The third-order valence-corrected chi connectivity index (χ3v) is 3.21. The molecule has 1 unspecified atom stereocenters. The zero-order valence-corrected chi connectivity index (χ0v) is 9.73. The van der Waals surface area contributed by atoms with Crippen molar-refractivity contribution in [2.75, 3.05) is 19.6 Å². The van der Waals surface area contributed by atoms with Crippen LogP contribution >= 0.6 is 0 Å². The van der Waals surface area contributed by atoms with E-state index in [0.717, 1.165) is 18.5 Å². The molecular weight excluding hydrogens is 219 g/mol. The molecule has 1 fully saturated rings. The van der Waals surface area contributed by atoms with Crippen LogP contribution in [0.5, 0.6) is 0 Å². The van der Waals surface area contributed by atoms with E-state index in [2.05, 4.69) is 0 Å². The van der Waals surface area contributed by atoms with Crippen molar-refractivity contribution in [1.29, 1.82) is 0 Å². The Balaban J connectivity index is 1.86. The van der Waals surface area contributed by atoms with E-state index in [-0.39, 0.29) is 11.7 Å². The van der Waals surface area contributed by atoms with Gasteiger partial charge in [-0.2, -0.15) is 0 Å². The van der Waals surface area contributed by atoms with E-state index in [9.17, 15) is 9.18 Å². The molecule has 2 rings (SSSR count). The van der Waals surface area contributed by atoms with E-state index in [0.29, 0.717) is 25.4 Å². The van der Waals surface area contributed by atoms with Crippen LogP contribution in [0.4, 0.5) is 4.39 Å². The number of carbonyl (C=O) groups is 1. The Kier molecular flexibility index (Phi) is 3.74. The minimum atomic E-state index is -0.228. The summed E-state index contributed by atoms with van der Waals surface area (Å²) in [6.07, 6.45) is 1.34. The van der Waals surface area contributed by atoms with Crippen LogP contribution in [0, 0.1) is 11.7 Å². The zero-order valence-electron chi connectivity index (χ0n) is 9.73. The second kappa shape index (κ2) is 5.27. The molecule has 0 aliphatic carbocycles. The predicted molar refractivity (Wildman–Crippen MR) is 63.8 cm³/mol. The Morgan fingerprint density at radius 3 is 2.65 bits per heavy atom. The lowest BCUT2D eigenvalue weighted by Crippen LogP contribution is -2.28. The average Bonchev–Trinajstić information content (AvgIpc) is 2.69. The van der Waals surface area contributed by atoms with E-state index in [4.69, 9.17) is 5.73 Å². The third-order valence-electron chi connectivity index (χ3n) is 3.21. The number of likely N-dealkylation sites (tertiary alicyclic amines) is 1. The molecule has 4 heteroatoms. The first-order valence-corrected chi connectivity index (χ1v) is 5.91. The van der Waals surface area contributed by atoms with Crippen molar-refractivity contribution >= 4 is 5.91 Å². The maximum atomic E-state index is 12.7. The van der Waals surface area contributed by atoms with Crippen LogP contribution < -0.4 is 5.73 Å². The summed E-state index contributed by atoms with van der Waals surface area (Å²) in [5.41, 5.74) is 6.61. The first-order chi connectivity index (χ1) is 8.19. The Bertz CT molecular complexity index is 391. The van der Waals surface area contributed by atoms with Gasteiger partial charge >= 0.3 is 0 Å². The summed E-state index contributed by atoms with van der Waals surface area (Å²) in [6.45, 7) is 2.02. The van der Waals surface area contributed by atoms with Crippen molar-refractivity contribution in [3.8, 4) is 0 Å². The maximum Gasteiger partial charge on any atom is 0.222 e. The Morgan fingerprint density at radius 1 is 1.35 bits per heavy atom. The molecule has 3 nitrogen and oxygen atoms in total. The minimum absolute atomic E-state index is 0.183. The van der Waals surface area contributed by atoms with Crippen LogP contribution in [0.15, 0.2) is 24.3 Å². The predicted octanol–water partition coefficient (Wildman–Crippen LogP) is 1.18. The number of rotatable bonds is 4. The molecular formula is C13H17FN2O. The summed E-state index contributed by atoms with van der Waals surface area (Å²) in [5, 5.41) is 0. The molecule has 0 saturated carbocycles. The molecule has 17 heavy (non-hydrogen) atoms. The topological polar surface area (TPSA) is 46.3 Å². The smallest absolute Gasteiger partial charge is 0.222 e. The summed E-state index contributed by atoms with van der Waals surface area (Å²) >= 11 is 0. The highest BCUT2D eigenvalue weighted by Crippen LogP contribution is 2.17. The average molecular weight is 236 g/mol. The number of nitrogens with zero attached hydrogens (tertiary/aromatic N) is 1. The van der Waals surface area contributed by atoms with Crippen molar-refractivity contribution in [2.24, 2.45) is 11.7 Å². The summed E-state index contributed by atoms with van der Waals surface area (Å²) in [7, 11) is 0. The lowest BCUT2D eigenvalue weighted by atomic mass is 10.1. The molecule has 0 spiro atoms. The summed E-state index contributed by atoms with van der Waals surface area (Å²) < 4.78 is 12.7. The molecule has 92 valence electrons. The Labute approximate surface area is 100 Å². The molecule has 0 radical (unpaired) electrons. The molecule has 1 aliphatic rings. The van der Waals surface area contributed by atoms with Gasteiger partial charge in [0.05, 0.1) is 0 Å². The second-order valence-corrected chi connectivity index (χ2v) is 4.52. The number of carbonyl (C=O) groups excluding carboxylic acids is 1. The number of benzene rings is 1. The van der Waals surface area contributed by atoms with E-state index < -0.39 is 0 Å². The molecule has 1 atom stereocenters. The largest absolute Gasteiger partial charge is 0.342 e. The molecule has 1 aromatic carbocycles. The molecule has 1 aromatic rings. The third kappa shape index (κ3) is 3.03. The normalized spacial score (nSPS) is 20.0. The number of amides is 1. The molecule has 1 aliphatic heterocycles. The van der Waals surface area contributed by atoms with Crippen molar-refractivity contribution in [3.63, 3.8) is 0 Å². The molecule has 2 N–H and O–H groups in total. The standard InChI is InChI=1S/C13H17FN2O/c14-12-3-1-10(2-4-12)5-6-16-9-11(8-15)7-13(16)17/h1-4,11H,5-9,15H2. The van der Waals surface area contributed by atoms with Gasteiger partial charge in [-0.25, -0.2) is 4.39 Å². The van der Waals surface area contributed by atoms with Gasteiger partial charge in [0, 0.05) is 19.5 Å². The number of nitrogens with two attached hydrogens (primary N) is 1. The number of hydrogen-bond donors (Lipinski definition) is 1. The number of halogens is 1. The van der Waals surface area contributed by atoms with Gasteiger partial charge in [-0.3, -0.25) is 4.79 Å². The zero-order chi connectivity index (χ0) is 12.3. The van der Waals surface area contributed by atoms with Gasteiger partial charge in [-0.05, 0) is 36.6 Å². The van der Waals surface area contributed by atoms with E-state index >= 15 is 0 Å². The fourth-order valence-electron chi connectivity index (χ4n) is 2.14. The highest BCUT2D eigenvalue weighted by Gasteiger charge is 2.27. The Hall–Kier alpha value is -1.42. The molecule has 1 heterocycles. The SMILES string of the molecule is NCC1CC(=O)N(CCc2ccc(F)cc2)C1. The highest BCUT2D eigenvalue weighted by molar-refractivity contribution is 5.78. The van der Waals surface area contributed by atoms with Gasteiger partial charge in [0.25, 0.3) is 0 Å². The van der Waals surface area contributed by atoms with Crippen LogP contribution in [-0.2, 0) is 11.2 Å². The second-order valence-electron chi connectivity index (χ2n) is 4.52.